The van der Waals surface area contributed by atoms with Crippen molar-refractivity contribution in [3.63, 3.8) is 0 Å². The molecule has 0 aromatic carbocycles. The first-order chi connectivity index (χ1) is 8.81. The topological polar surface area (TPSA) is 61.4 Å². The number of halogens is 1. The van der Waals surface area contributed by atoms with Gasteiger partial charge in [-0.25, -0.2) is 9.97 Å². The number of hydrogen-bond acceptors (Lipinski definition) is 5. The van der Waals surface area contributed by atoms with Gasteiger partial charge in [-0.2, -0.15) is 0 Å². The standard InChI is InChI=1S/C11H16ClN5O/c12-10-11(15-2-1-14-10)17-7-5-16(6-8-17)4-3-13-9-18/h1-2,9H,3-8H2,(H,13,18). The van der Waals surface area contributed by atoms with Gasteiger partial charge in [0.25, 0.3) is 0 Å². The number of carbonyl (C=O) groups excluding carboxylic acids is 1. The minimum absolute atomic E-state index is 0.452. The third kappa shape index (κ3) is 3.30. The van der Waals surface area contributed by atoms with Crippen LogP contribution in [0.4, 0.5) is 5.82 Å². The van der Waals surface area contributed by atoms with Crippen molar-refractivity contribution in [3.05, 3.63) is 17.5 Å². The van der Waals surface area contributed by atoms with Gasteiger partial charge in [-0.1, -0.05) is 11.6 Å². The Morgan fingerprint density at radius 1 is 1.28 bits per heavy atom. The highest BCUT2D eigenvalue weighted by Crippen LogP contribution is 2.20. The number of amides is 1. The van der Waals surface area contributed by atoms with E-state index in [4.69, 9.17) is 11.6 Å². The van der Waals surface area contributed by atoms with E-state index in [1.807, 2.05) is 0 Å². The molecule has 1 N–H and O–H groups in total. The summed E-state index contributed by atoms with van der Waals surface area (Å²) in [6, 6.07) is 0. The Bertz CT molecular complexity index is 395. The van der Waals surface area contributed by atoms with Gasteiger partial charge >= 0.3 is 0 Å². The predicted molar refractivity (Wildman–Crippen MR) is 69.8 cm³/mol. The molecule has 1 fully saturated rings. The lowest BCUT2D eigenvalue weighted by atomic mass is 10.3. The number of hydrogen-bond donors (Lipinski definition) is 1. The van der Waals surface area contributed by atoms with Gasteiger partial charge < -0.3 is 10.2 Å². The molecule has 0 spiro atoms. The fourth-order valence-electron chi connectivity index (χ4n) is 1.99. The fraction of sp³-hybridized carbons (Fsp3) is 0.545. The van der Waals surface area contributed by atoms with E-state index in [1.54, 1.807) is 12.4 Å². The maximum atomic E-state index is 10.2. The van der Waals surface area contributed by atoms with Crippen LogP contribution in [0.1, 0.15) is 0 Å². The van der Waals surface area contributed by atoms with Crippen molar-refractivity contribution in [2.75, 3.05) is 44.2 Å². The summed E-state index contributed by atoms with van der Waals surface area (Å²) < 4.78 is 0. The van der Waals surface area contributed by atoms with Gasteiger partial charge in [0.1, 0.15) is 0 Å². The van der Waals surface area contributed by atoms with Crippen molar-refractivity contribution < 1.29 is 4.79 Å². The molecule has 0 saturated carbocycles. The predicted octanol–water partition coefficient (Wildman–Crippen LogP) is -0.00200. The summed E-state index contributed by atoms with van der Waals surface area (Å²) in [4.78, 5) is 22.9. The quantitative estimate of drug-likeness (QED) is 0.602. The van der Waals surface area contributed by atoms with Crippen LogP contribution in [-0.4, -0.2) is 60.5 Å². The number of aromatic nitrogens is 2. The number of anilines is 1. The summed E-state index contributed by atoms with van der Waals surface area (Å²) in [6.07, 6.45) is 3.98. The van der Waals surface area contributed by atoms with Gasteiger partial charge in [0, 0.05) is 51.7 Å². The summed E-state index contributed by atoms with van der Waals surface area (Å²) in [6.45, 7) is 5.19. The van der Waals surface area contributed by atoms with E-state index in [-0.39, 0.29) is 0 Å². The zero-order valence-corrected chi connectivity index (χ0v) is 10.8. The zero-order chi connectivity index (χ0) is 12.8. The highest BCUT2D eigenvalue weighted by Gasteiger charge is 2.19. The van der Waals surface area contributed by atoms with Gasteiger partial charge in [-0.15, -0.1) is 0 Å². The lowest BCUT2D eigenvalue weighted by Gasteiger charge is -2.35. The Balaban J connectivity index is 1.83. The van der Waals surface area contributed by atoms with Gasteiger partial charge in [-0.3, -0.25) is 9.69 Å². The third-order valence-corrected chi connectivity index (χ3v) is 3.23. The zero-order valence-electron chi connectivity index (χ0n) is 10.0. The van der Waals surface area contributed by atoms with Crippen LogP contribution in [0.25, 0.3) is 0 Å². The largest absolute Gasteiger partial charge is 0.357 e. The van der Waals surface area contributed by atoms with Gasteiger partial charge in [-0.05, 0) is 0 Å². The molecule has 2 heterocycles. The van der Waals surface area contributed by atoms with Crippen molar-refractivity contribution in [1.82, 2.24) is 20.2 Å². The first-order valence-electron chi connectivity index (χ1n) is 5.92. The molecule has 7 heteroatoms. The Hall–Kier alpha value is -1.40. The molecule has 1 aromatic rings. The van der Waals surface area contributed by atoms with Crippen molar-refractivity contribution in [2.45, 2.75) is 0 Å². The average molecular weight is 270 g/mol. The van der Waals surface area contributed by atoms with Crippen LogP contribution in [0, 0.1) is 0 Å². The number of nitrogens with one attached hydrogen (secondary N) is 1. The van der Waals surface area contributed by atoms with Crippen molar-refractivity contribution >= 4 is 23.8 Å². The Labute approximate surface area is 111 Å². The van der Waals surface area contributed by atoms with E-state index in [0.717, 1.165) is 45.0 Å². The maximum absolute atomic E-state index is 10.2. The van der Waals surface area contributed by atoms with E-state index in [2.05, 4.69) is 25.1 Å². The van der Waals surface area contributed by atoms with Crippen molar-refractivity contribution in [1.29, 1.82) is 0 Å². The lowest BCUT2D eigenvalue weighted by molar-refractivity contribution is -0.109. The maximum Gasteiger partial charge on any atom is 0.207 e. The molecule has 2 rings (SSSR count). The smallest absolute Gasteiger partial charge is 0.207 e. The summed E-state index contributed by atoms with van der Waals surface area (Å²) >= 11 is 6.02. The van der Waals surface area contributed by atoms with E-state index >= 15 is 0 Å². The first kappa shape index (κ1) is 13.0. The van der Waals surface area contributed by atoms with Gasteiger partial charge in [0.15, 0.2) is 11.0 Å². The Kier molecular flexibility index (Phi) is 4.72. The molecule has 1 aromatic heterocycles. The second kappa shape index (κ2) is 6.51. The van der Waals surface area contributed by atoms with Crippen LogP contribution in [0.15, 0.2) is 12.4 Å². The normalized spacial score (nSPS) is 16.6. The van der Waals surface area contributed by atoms with Crippen LogP contribution < -0.4 is 10.2 Å². The van der Waals surface area contributed by atoms with Crippen LogP contribution in [0.3, 0.4) is 0 Å². The van der Waals surface area contributed by atoms with E-state index < -0.39 is 0 Å². The third-order valence-electron chi connectivity index (χ3n) is 2.96. The number of rotatable bonds is 5. The second-order valence-corrected chi connectivity index (χ2v) is 4.43. The molecular weight excluding hydrogens is 254 g/mol. The molecule has 1 aliphatic heterocycles. The molecule has 0 aliphatic carbocycles. The molecule has 1 saturated heterocycles. The Morgan fingerprint density at radius 2 is 2.00 bits per heavy atom. The minimum atomic E-state index is 0.452. The van der Waals surface area contributed by atoms with Gasteiger partial charge in [0.05, 0.1) is 0 Å². The number of carbonyl (C=O) groups is 1. The number of nitrogens with zero attached hydrogens (tertiary/aromatic N) is 4. The van der Waals surface area contributed by atoms with E-state index in [1.165, 1.54) is 0 Å². The summed E-state index contributed by atoms with van der Waals surface area (Å²) in [5.74, 6) is 0.754. The van der Waals surface area contributed by atoms with Crippen molar-refractivity contribution in [3.8, 4) is 0 Å². The van der Waals surface area contributed by atoms with Crippen LogP contribution in [-0.2, 0) is 4.79 Å². The van der Waals surface area contributed by atoms with Crippen molar-refractivity contribution in [2.24, 2.45) is 0 Å². The molecule has 18 heavy (non-hydrogen) atoms. The summed E-state index contributed by atoms with van der Waals surface area (Å²) in [5.41, 5.74) is 0. The Morgan fingerprint density at radius 3 is 2.67 bits per heavy atom. The van der Waals surface area contributed by atoms with E-state index in [0.29, 0.717) is 11.7 Å². The molecule has 98 valence electrons. The fourth-order valence-corrected chi connectivity index (χ4v) is 2.22. The molecule has 0 bridgehead atoms. The van der Waals surface area contributed by atoms with E-state index in [9.17, 15) is 4.79 Å². The molecule has 6 nitrogen and oxygen atoms in total. The van der Waals surface area contributed by atoms with Crippen LogP contribution in [0.2, 0.25) is 5.15 Å². The SMILES string of the molecule is O=CNCCN1CCN(c2nccnc2Cl)CC1. The molecule has 1 aliphatic rings. The molecule has 0 radical (unpaired) electrons. The molecule has 1 amide bonds. The first-order valence-corrected chi connectivity index (χ1v) is 6.30. The number of piperazine rings is 1. The minimum Gasteiger partial charge on any atom is -0.357 e. The van der Waals surface area contributed by atoms with Crippen LogP contribution >= 0.6 is 11.6 Å². The highest BCUT2D eigenvalue weighted by atomic mass is 35.5. The second-order valence-electron chi connectivity index (χ2n) is 4.07. The lowest BCUT2D eigenvalue weighted by Crippen LogP contribution is -2.48. The molecular formula is C11H16ClN5O. The summed E-state index contributed by atoms with van der Waals surface area (Å²) in [5, 5.41) is 3.12. The summed E-state index contributed by atoms with van der Waals surface area (Å²) in [7, 11) is 0. The molecule has 0 atom stereocenters. The van der Waals surface area contributed by atoms with Crippen LogP contribution in [0.5, 0.6) is 0 Å². The van der Waals surface area contributed by atoms with Gasteiger partial charge in [0.2, 0.25) is 6.41 Å². The molecule has 0 unspecified atom stereocenters. The highest BCUT2D eigenvalue weighted by molar-refractivity contribution is 6.31. The monoisotopic (exact) mass is 269 g/mol. The average Bonchev–Trinajstić information content (AvgIpc) is 2.41.